The smallest absolute Gasteiger partial charge is 0.0213 e. The van der Waals surface area contributed by atoms with Crippen LogP contribution in [-0.4, -0.2) is 6.54 Å². The lowest BCUT2D eigenvalue weighted by atomic mass is 9.87. The highest BCUT2D eigenvalue weighted by Crippen LogP contribution is 2.22. The number of nitrogens with one attached hydrogen (secondary N) is 1. The molecule has 1 aliphatic heterocycles. The molecule has 0 spiro atoms. The fraction of sp³-hybridized carbons (Fsp3) is 0.333. The van der Waals surface area contributed by atoms with Gasteiger partial charge in [-0.2, -0.15) is 0 Å². The third-order valence-corrected chi connectivity index (χ3v) is 2.09. The lowest BCUT2D eigenvalue weighted by molar-refractivity contribution is 0.504. The molecule has 2 unspecified atom stereocenters. The van der Waals surface area contributed by atoms with Gasteiger partial charge in [-0.25, -0.2) is 0 Å². The first kappa shape index (κ1) is 5.78. The number of hydrogen-bond donors (Lipinski definition) is 1. The van der Waals surface area contributed by atoms with Crippen LogP contribution in [0.3, 0.4) is 0 Å². The van der Waals surface area contributed by atoms with Gasteiger partial charge in [0.2, 0.25) is 0 Å². The molecule has 0 fully saturated rings. The van der Waals surface area contributed by atoms with E-state index in [0.717, 1.165) is 6.54 Å². The van der Waals surface area contributed by atoms with Crippen molar-refractivity contribution in [1.29, 1.82) is 0 Å². The van der Waals surface area contributed by atoms with E-state index >= 15 is 0 Å². The Labute approximate surface area is 61.1 Å². The Morgan fingerprint density at radius 3 is 2.90 bits per heavy atom. The van der Waals surface area contributed by atoms with Crippen LogP contribution in [0, 0.1) is 11.8 Å². The predicted octanol–water partition coefficient (Wildman–Crippen LogP) is 1.46. The maximum atomic E-state index is 3.22. The summed E-state index contributed by atoms with van der Waals surface area (Å²) < 4.78 is 0. The van der Waals surface area contributed by atoms with Gasteiger partial charge >= 0.3 is 0 Å². The molecular weight excluding hydrogens is 122 g/mol. The molecule has 0 aromatic rings. The van der Waals surface area contributed by atoms with Gasteiger partial charge in [0.1, 0.15) is 0 Å². The molecule has 1 N–H and O–H groups in total. The first-order valence-corrected chi connectivity index (χ1v) is 3.72. The zero-order chi connectivity index (χ0) is 6.81. The van der Waals surface area contributed by atoms with Crippen molar-refractivity contribution in [2.75, 3.05) is 6.54 Å². The summed E-state index contributed by atoms with van der Waals surface area (Å²) in [7, 11) is 0. The molecule has 0 saturated heterocycles. The summed E-state index contributed by atoms with van der Waals surface area (Å²) in [6.07, 6.45) is 13.0. The van der Waals surface area contributed by atoms with Crippen LogP contribution >= 0.6 is 0 Å². The van der Waals surface area contributed by atoms with E-state index in [1.807, 2.05) is 6.20 Å². The highest BCUT2D eigenvalue weighted by Gasteiger charge is 2.17. The van der Waals surface area contributed by atoms with Crippen molar-refractivity contribution in [1.82, 2.24) is 5.32 Å². The molecule has 0 amide bonds. The summed E-state index contributed by atoms with van der Waals surface area (Å²) in [5.74, 6) is 1.33. The van der Waals surface area contributed by atoms with E-state index in [2.05, 4.69) is 35.7 Å². The maximum Gasteiger partial charge on any atom is 0.0213 e. The van der Waals surface area contributed by atoms with Crippen molar-refractivity contribution in [3.8, 4) is 0 Å². The van der Waals surface area contributed by atoms with E-state index in [1.54, 1.807) is 0 Å². The van der Waals surface area contributed by atoms with Gasteiger partial charge in [-0.1, -0.05) is 30.4 Å². The van der Waals surface area contributed by atoms with E-state index < -0.39 is 0 Å². The maximum absolute atomic E-state index is 3.22. The molecule has 2 rings (SSSR count). The van der Waals surface area contributed by atoms with Crippen molar-refractivity contribution >= 4 is 0 Å². The summed E-state index contributed by atoms with van der Waals surface area (Å²) in [5.41, 5.74) is 0. The molecule has 0 aromatic carbocycles. The van der Waals surface area contributed by atoms with Crippen LogP contribution in [0.4, 0.5) is 0 Å². The third-order valence-electron chi connectivity index (χ3n) is 2.09. The van der Waals surface area contributed by atoms with Gasteiger partial charge in [-0.3, -0.25) is 0 Å². The Morgan fingerprint density at radius 2 is 2.00 bits per heavy atom. The summed E-state index contributed by atoms with van der Waals surface area (Å²) in [5, 5.41) is 3.22. The largest absolute Gasteiger partial charge is 0.391 e. The Hall–Kier alpha value is -0.980. The lowest BCUT2D eigenvalue weighted by Crippen LogP contribution is -2.27. The quantitative estimate of drug-likeness (QED) is 0.527. The first-order valence-electron chi connectivity index (χ1n) is 3.72. The Morgan fingerprint density at radius 1 is 1.10 bits per heavy atom. The molecular formula is C9H11N. The van der Waals surface area contributed by atoms with Gasteiger partial charge < -0.3 is 5.32 Å². The van der Waals surface area contributed by atoms with Crippen LogP contribution in [0.1, 0.15) is 0 Å². The van der Waals surface area contributed by atoms with Gasteiger partial charge in [0.05, 0.1) is 0 Å². The Kier molecular flexibility index (Phi) is 1.35. The number of allylic oxidation sites excluding steroid dienone is 4. The normalized spacial score (nSPS) is 35.2. The van der Waals surface area contributed by atoms with Gasteiger partial charge in [0.15, 0.2) is 0 Å². The molecule has 0 saturated carbocycles. The molecule has 0 bridgehead atoms. The molecule has 1 nitrogen and oxygen atoms in total. The summed E-state index contributed by atoms with van der Waals surface area (Å²) >= 11 is 0. The van der Waals surface area contributed by atoms with Gasteiger partial charge in [-0.15, -0.1) is 0 Å². The molecule has 0 radical (unpaired) electrons. The van der Waals surface area contributed by atoms with E-state index in [0.29, 0.717) is 11.8 Å². The standard InChI is InChI=1S/C9H11N/c1-2-4-9-7-10-6-5-8(9)3-1/h1-6,8-10H,7H2. The van der Waals surface area contributed by atoms with Gasteiger partial charge in [0.25, 0.3) is 0 Å². The van der Waals surface area contributed by atoms with Gasteiger partial charge in [0, 0.05) is 18.4 Å². The van der Waals surface area contributed by atoms with Crippen LogP contribution in [0.25, 0.3) is 0 Å². The van der Waals surface area contributed by atoms with Gasteiger partial charge in [-0.05, 0) is 6.20 Å². The highest BCUT2D eigenvalue weighted by molar-refractivity contribution is 5.20. The SMILES string of the molecule is C1=CC2C=CNCC2C=C1. The fourth-order valence-corrected chi connectivity index (χ4v) is 1.46. The first-order chi connectivity index (χ1) is 4.97. The van der Waals surface area contributed by atoms with Crippen molar-refractivity contribution in [2.45, 2.75) is 0 Å². The number of hydrogen-bond acceptors (Lipinski definition) is 1. The average Bonchev–Trinajstić information content (AvgIpc) is 2.05. The summed E-state index contributed by atoms with van der Waals surface area (Å²) in [4.78, 5) is 0. The zero-order valence-corrected chi connectivity index (χ0v) is 5.83. The Balaban J connectivity index is 2.21. The molecule has 52 valence electrons. The van der Waals surface area contributed by atoms with E-state index in [-0.39, 0.29) is 0 Å². The minimum absolute atomic E-state index is 0.645. The topological polar surface area (TPSA) is 12.0 Å². The van der Waals surface area contributed by atoms with Crippen LogP contribution in [0.5, 0.6) is 0 Å². The summed E-state index contributed by atoms with van der Waals surface area (Å²) in [6, 6.07) is 0. The highest BCUT2D eigenvalue weighted by atomic mass is 14.8. The van der Waals surface area contributed by atoms with E-state index in [1.165, 1.54) is 0 Å². The van der Waals surface area contributed by atoms with Crippen molar-refractivity contribution in [3.05, 3.63) is 36.6 Å². The van der Waals surface area contributed by atoms with E-state index in [4.69, 9.17) is 0 Å². The lowest BCUT2D eigenvalue weighted by Gasteiger charge is -2.24. The number of rotatable bonds is 0. The van der Waals surface area contributed by atoms with Crippen LogP contribution in [0.2, 0.25) is 0 Å². The predicted molar refractivity (Wildman–Crippen MR) is 42.4 cm³/mol. The molecule has 2 aliphatic rings. The van der Waals surface area contributed by atoms with Crippen LogP contribution in [-0.2, 0) is 0 Å². The Bertz CT molecular complexity index is 201. The summed E-state index contributed by atoms with van der Waals surface area (Å²) in [6.45, 7) is 1.09. The van der Waals surface area contributed by atoms with Crippen LogP contribution < -0.4 is 5.32 Å². The second-order valence-electron chi connectivity index (χ2n) is 2.78. The van der Waals surface area contributed by atoms with Crippen molar-refractivity contribution in [2.24, 2.45) is 11.8 Å². The zero-order valence-electron chi connectivity index (χ0n) is 5.83. The molecule has 0 aromatic heterocycles. The third kappa shape index (κ3) is 0.878. The minimum Gasteiger partial charge on any atom is -0.391 e. The average molecular weight is 133 g/mol. The van der Waals surface area contributed by atoms with Crippen molar-refractivity contribution in [3.63, 3.8) is 0 Å². The monoisotopic (exact) mass is 133 g/mol. The molecule has 2 atom stereocenters. The second kappa shape index (κ2) is 2.33. The minimum atomic E-state index is 0.645. The fourth-order valence-electron chi connectivity index (χ4n) is 1.46. The molecule has 1 heteroatoms. The number of fused-ring (bicyclic) bond motifs is 1. The van der Waals surface area contributed by atoms with Crippen LogP contribution in [0.15, 0.2) is 36.6 Å². The molecule has 1 aliphatic carbocycles. The molecule has 10 heavy (non-hydrogen) atoms. The van der Waals surface area contributed by atoms with E-state index in [9.17, 15) is 0 Å². The molecule has 1 heterocycles. The second-order valence-corrected chi connectivity index (χ2v) is 2.78. The van der Waals surface area contributed by atoms with Crippen molar-refractivity contribution < 1.29 is 0 Å².